The smallest absolute Gasteiger partial charge is 0.0705 e. The number of aromatic nitrogens is 2. The van der Waals surface area contributed by atoms with Crippen molar-refractivity contribution in [2.75, 3.05) is 6.54 Å². The maximum Gasteiger partial charge on any atom is 0.0705 e. The Labute approximate surface area is 118 Å². The van der Waals surface area contributed by atoms with Crippen LogP contribution in [0.5, 0.6) is 0 Å². The number of rotatable bonds is 4. The lowest BCUT2D eigenvalue weighted by Gasteiger charge is -2.20. The predicted molar refractivity (Wildman–Crippen MR) is 81.5 cm³/mol. The minimum absolute atomic E-state index is 0.140. The fourth-order valence-electron chi connectivity index (χ4n) is 2.54. The van der Waals surface area contributed by atoms with E-state index < -0.39 is 0 Å². The highest BCUT2D eigenvalue weighted by molar-refractivity contribution is 5.82. The van der Waals surface area contributed by atoms with E-state index in [2.05, 4.69) is 46.5 Å². The zero-order valence-corrected chi connectivity index (χ0v) is 11.5. The van der Waals surface area contributed by atoms with Crippen LogP contribution in [0.1, 0.15) is 24.1 Å². The molecule has 0 aliphatic rings. The van der Waals surface area contributed by atoms with E-state index in [1.54, 1.807) is 6.20 Å². The molecule has 1 aromatic carbocycles. The molecule has 1 N–H and O–H groups in total. The van der Waals surface area contributed by atoms with Crippen molar-refractivity contribution in [3.63, 3.8) is 0 Å². The fraction of sp³-hybridized carbons (Fsp3) is 0.176. The van der Waals surface area contributed by atoms with Gasteiger partial charge in [-0.15, -0.1) is 0 Å². The molecule has 3 heteroatoms. The van der Waals surface area contributed by atoms with Gasteiger partial charge in [-0.3, -0.25) is 9.97 Å². The van der Waals surface area contributed by atoms with E-state index in [9.17, 15) is 0 Å². The summed E-state index contributed by atoms with van der Waals surface area (Å²) in [6.45, 7) is 3.02. The van der Waals surface area contributed by atoms with Crippen molar-refractivity contribution in [2.24, 2.45) is 0 Å². The van der Waals surface area contributed by atoms with Crippen LogP contribution in [0, 0.1) is 0 Å². The maximum atomic E-state index is 4.43. The van der Waals surface area contributed by atoms with Gasteiger partial charge in [-0.25, -0.2) is 0 Å². The van der Waals surface area contributed by atoms with Gasteiger partial charge in [0.05, 0.1) is 11.6 Å². The third kappa shape index (κ3) is 2.40. The first-order valence-corrected chi connectivity index (χ1v) is 6.87. The van der Waals surface area contributed by atoms with E-state index in [-0.39, 0.29) is 6.04 Å². The van der Waals surface area contributed by atoms with Gasteiger partial charge in [0.1, 0.15) is 0 Å². The molecule has 0 saturated carbocycles. The summed E-state index contributed by atoms with van der Waals surface area (Å²) in [5, 5.41) is 4.72. The molecule has 100 valence electrons. The molecule has 2 heterocycles. The van der Waals surface area contributed by atoms with Crippen LogP contribution in [-0.2, 0) is 0 Å². The summed E-state index contributed by atoms with van der Waals surface area (Å²) in [5.74, 6) is 0. The Hall–Kier alpha value is -2.26. The van der Waals surface area contributed by atoms with Gasteiger partial charge in [0, 0.05) is 24.0 Å². The minimum Gasteiger partial charge on any atom is -0.306 e. The standard InChI is InChI=1S/C17H17N3/c1-2-19-17(13-6-4-10-18-12-13)15-7-3-9-16-14(15)8-5-11-20-16/h3-12,17,19H,2H2,1H3. The summed E-state index contributed by atoms with van der Waals surface area (Å²) < 4.78 is 0. The number of nitrogens with one attached hydrogen (secondary N) is 1. The summed E-state index contributed by atoms with van der Waals surface area (Å²) in [5.41, 5.74) is 3.44. The molecule has 0 spiro atoms. The first-order valence-electron chi connectivity index (χ1n) is 6.87. The summed E-state index contributed by atoms with van der Waals surface area (Å²) in [6, 6.07) is 14.6. The van der Waals surface area contributed by atoms with Crippen molar-refractivity contribution in [1.82, 2.24) is 15.3 Å². The summed E-state index contributed by atoms with van der Waals surface area (Å²) in [7, 11) is 0. The summed E-state index contributed by atoms with van der Waals surface area (Å²) in [6.07, 6.45) is 5.55. The molecular formula is C17H17N3. The third-order valence-corrected chi connectivity index (χ3v) is 3.42. The number of benzene rings is 1. The number of fused-ring (bicyclic) bond motifs is 1. The zero-order chi connectivity index (χ0) is 13.8. The lowest BCUT2D eigenvalue weighted by molar-refractivity contribution is 0.632. The average Bonchev–Trinajstić information content (AvgIpc) is 2.53. The van der Waals surface area contributed by atoms with E-state index in [0.29, 0.717) is 0 Å². The van der Waals surface area contributed by atoms with Gasteiger partial charge >= 0.3 is 0 Å². The van der Waals surface area contributed by atoms with Crippen LogP contribution < -0.4 is 5.32 Å². The van der Waals surface area contributed by atoms with Crippen LogP contribution in [0.2, 0.25) is 0 Å². The first kappa shape index (κ1) is 12.8. The van der Waals surface area contributed by atoms with Gasteiger partial charge in [-0.1, -0.05) is 31.2 Å². The van der Waals surface area contributed by atoms with Crippen LogP contribution in [0.15, 0.2) is 61.1 Å². The second-order valence-corrected chi connectivity index (χ2v) is 4.69. The van der Waals surface area contributed by atoms with Gasteiger partial charge in [-0.2, -0.15) is 0 Å². The van der Waals surface area contributed by atoms with Crippen LogP contribution in [-0.4, -0.2) is 16.5 Å². The molecule has 0 radical (unpaired) electrons. The normalized spacial score (nSPS) is 12.4. The largest absolute Gasteiger partial charge is 0.306 e. The van der Waals surface area contributed by atoms with Crippen LogP contribution in [0.4, 0.5) is 0 Å². The van der Waals surface area contributed by atoms with E-state index >= 15 is 0 Å². The highest BCUT2D eigenvalue weighted by atomic mass is 14.9. The molecule has 0 saturated heterocycles. The molecule has 0 fully saturated rings. The van der Waals surface area contributed by atoms with Gasteiger partial charge in [0.25, 0.3) is 0 Å². The molecule has 3 nitrogen and oxygen atoms in total. The SMILES string of the molecule is CCNC(c1cccnc1)c1cccc2ncccc12. The third-order valence-electron chi connectivity index (χ3n) is 3.42. The monoisotopic (exact) mass is 263 g/mol. The van der Waals surface area contributed by atoms with Crippen molar-refractivity contribution in [2.45, 2.75) is 13.0 Å². The van der Waals surface area contributed by atoms with Crippen molar-refractivity contribution < 1.29 is 0 Å². The maximum absolute atomic E-state index is 4.43. The fourth-order valence-corrected chi connectivity index (χ4v) is 2.54. The molecule has 20 heavy (non-hydrogen) atoms. The highest BCUT2D eigenvalue weighted by Gasteiger charge is 2.15. The van der Waals surface area contributed by atoms with Crippen LogP contribution in [0.3, 0.4) is 0 Å². The molecule has 1 unspecified atom stereocenters. The van der Waals surface area contributed by atoms with Crippen molar-refractivity contribution in [3.05, 3.63) is 72.2 Å². The number of hydrogen-bond donors (Lipinski definition) is 1. The van der Waals surface area contributed by atoms with Gasteiger partial charge in [0.2, 0.25) is 0 Å². The van der Waals surface area contributed by atoms with Crippen LogP contribution >= 0.6 is 0 Å². The first-order chi connectivity index (χ1) is 9.90. The molecule has 0 aliphatic carbocycles. The Balaban J connectivity index is 2.15. The topological polar surface area (TPSA) is 37.8 Å². The predicted octanol–water partition coefficient (Wildman–Crippen LogP) is 3.33. The molecule has 2 aromatic heterocycles. The highest BCUT2D eigenvalue weighted by Crippen LogP contribution is 2.27. The summed E-state index contributed by atoms with van der Waals surface area (Å²) >= 11 is 0. The van der Waals surface area contributed by atoms with Crippen molar-refractivity contribution in [3.8, 4) is 0 Å². The Morgan fingerprint density at radius 3 is 2.75 bits per heavy atom. The van der Waals surface area contributed by atoms with Crippen molar-refractivity contribution >= 4 is 10.9 Å². The second kappa shape index (κ2) is 5.80. The lowest BCUT2D eigenvalue weighted by atomic mass is 9.96. The molecule has 0 bridgehead atoms. The van der Waals surface area contributed by atoms with E-state index in [1.165, 1.54) is 16.5 Å². The molecule has 3 rings (SSSR count). The van der Waals surface area contributed by atoms with Crippen LogP contribution in [0.25, 0.3) is 10.9 Å². The van der Waals surface area contributed by atoms with Crippen molar-refractivity contribution in [1.29, 1.82) is 0 Å². The number of pyridine rings is 2. The number of nitrogens with zero attached hydrogens (tertiary/aromatic N) is 2. The zero-order valence-electron chi connectivity index (χ0n) is 11.5. The molecular weight excluding hydrogens is 246 g/mol. The molecule has 3 aromatic rings. The van der Waals surface area contributed by atoms with E-state index in [0.717, 1.165) is 12.1 Å². The quantitative estimate of drug-likeness (QED) is 0.784. The Morgan fingerprint density at radius 1 is 1.05 bits per heavy atom. The summed E-state index contributed by atoms with van der Waals surface area (Å²) in [4.78, 5) is 8.67. The Bertz CT molecular complexity index is 689. The minimum atomic E-state index is 0.140. The van der Waals surface area contributed by atoms with E-state index in [4.69, 9.17) is 0 Å². The molecule has 0 amide bonds. The number of hydrogen-bond acceptors (Lipinski definition) is 3. The van der Waals surface area contributed by atoms with Gasteiger partial charge in [-0.05, 0) is 35.9 Å². The molecule has 0 aliphatic heterocycles. The van der Waals surface area contributed by atoms with Gasteiger partial charge in [0.15, 0.2) is 0 Å². The van der Waals surface area contributed by atoms with Gasteiger partial charge < -0.3 is 5.32 Å². The Morgan fingerprint density at radius 2 is 1.95 bits per heavy atom. The molecule has 1 atom stereocenters. The Kier molecular flexibility index (Phi) is 3.70. The lowest BCUT2D eigenvalue weighted by Crippen LogP contribution is -2.22. The second-order valence-electron chi connectivity index (χ2n) is 4.69. The average molecular weight is 263 g/mol. The van der Waals surface area contributed by atoms with E-state index in [1.807, 2.05) is 30.6 Å².